The Morgan fingerprint density at radius 1 is 1.04 bits per heavy atom. The van der Waals surface area contributed by atoms with Crippen LogP contribution < -0.4 is 20.1 Å². The first-order chi connectivity index (χ1) is 12.0. The molecule has 7 heteroatoms. The quantitative estimate of drug-likeness (QED) is 0.800. The van der Waals surface area contributed by atoms with Crippen LogP contribution in [0.4, 0.5) is 11.4 Å². The van der Waals surface area contributed by atoms with Crippen molar-refractivity contribution in [1.82, 2.24) is 0 Å². The van der Waals surface area contributed by atoms with Crippen LogP contribution in [0, 0.1) is 0 Å². The number of amides is 2. The highest BCUT2D eigenvalue weighted by atomic mass is 32.2. The molecule has 6 nitrogen and oxygen atoms in total. The Morgan fingerprint density at radius 3 is 2.60 bits per heavy atom. The van der Waals surface area contributed by atoms with Gasteiger partial charge in [-0.2, -0.15) is 0 Å². The number of carbonyl (C=O) groups excluding carboxylic acids is 2. The van der Waals surface area contributed by atoms with Crippen molar-refractivity contribution in [2.75, 3.05) is 17.4 Å². The average Bonchev–Trinajstić information content (AvgIpc) is 3.02. The minimum Gasteiger partial charge on any atom is -0.454 e. The Labute approximate surface area is 149 Å². The Hall–Kier alpha value is -2.67. The predicted octanol–water partition coefficient (Wildman–Crippen LogP) is 3.49. The topological polar surface area (TPSA) is 76.7 Å². The van der Waals surface area contributed by atoms with E-state index in [-0.39, 0.29) is 23.9 Å². The van der Waals surface area contributed by atoms with Crippen LogP contribution >= 0.6 is 11.8 Å². The van der Waals surface area contributed by atoms with E-state index >= 15 is 0 Å². The molecule has 1 unspecified atom stereocenters. The third-order valence-corrected chi connectivity index (χ3v) is 4.57. The summed E-state index contributed by atoms with van der Waals surface area (Å²) in [5, 5.41) is 5.30. The number of hydrogen-bond acceptors (Lipinski definition) is 5. The van der Waals surface area contributed by atoms with Gasteiger partial charge < -0.3 is 20.1 Å². The molecular weight excluding hydrogens is 340 g/mol. The van der Waals surface area contributed by atoms with Crippen molar-refractivity contribution in [3.05, 3.63) is 42.5 Å². The van der Waals surface area contributed by atoms with Crippen LogP contribution in [0.5, 0.6) is 11.5 Å². The summed E-state index contributed by atoms with van der Waals surface area (Å²) in [6.45, 7) is 3.49. The molecule has 1 atom stereocenters. The third kappa shape index (κ3) is 4.45. The van der Waals surface area contributed by atoms with Gasteiger partial charge in [0, 0.05) is 29.3 Å². The lowest BCUT2D eigenvalue weighted by Gasteiger charge is -2.13. The third-order valence-electron chi connectivity index (χ3n) is 3.48. The molecule has 0 fully saturated rings. The fourth-order valence-corrected chi connectivity index (χ4v) is 3.25. The summed E-state index contributed by atoms with van der Waals surface area (Å²) in [4.78, 5) is 24.4. The van der Waals surface area contributed by atoms with Gasteiger partial charge in [-0.1, -0.05) is 6.07 Å². The second kappa shape index (κ2) is 7.48. The van der Waals surface area contributed by atoms with E-state index in [4.69, 9.17) is 9.47 Å². The number of benzene rings is 2. The zero-order valence-electron chi connectivity index (χ0n) is 13.9. The zero-order chi connectivity index (χ0) is 17.8. The second-order valence-corrected chi connectivity index (χ2v) is 6.94. The van der Waals surface area contributed by atoms with Gasteiger partial charge in [0.25, 0.3) is 0 Å². The Morgan fingerprint density at radius 2 is 1.80 bits per heavy atom. The van der Waals surface area contributed by atoms with Gasteiger partial charge in [-0.3, -0.25) is 9.59 Å². The van der Waals surface area contributed by atoms with Crippen LogP contribution in [-0.2, 0) is 9.59 Å². The molecule has 1 aliphatic heterocycles. The van der Waals surface area contributed by atoms with Crippen molar-refractivity contribution in [2.45, 2.75) is 24.0 Å². The maximum atomic E-state index is 12.4. The summed E-state index contributed by atoms with van der Waals surface area (Å²) in [5.41, 5.74) is 1.37. The molecule has 0 spiro atoms. The minimum atomic E-state index is -0.307. The maximum Gasteiger partial charge on any atom is 0.237 e. The van der Waals surface area contributed by atoms with Gasteiger partial charge in [-0.05, 0) is 37.3 Å². The monoisotopic (exact) mass is 358 g/mol. The van der Waals surface area contributed by atoms with Crippen LogP contribution in [0.2, 0.25) is 0 Å². The molecular formula is C18H18N2O4S. The lowest BCUT2D eigenvalue weighted by molar-refractivity contribution is -0.115. The molecule has 2 aromatic carbocycles. The first-order valence-corrected chi connectivity index (χ1v) is 8.64. The summed E-state index contributed by atoms with van der Waals surface area (Å²) in [6, 6.07) is 12.7. The lowest BCUT2D eigenvalue weighted by Crippen LogP contribution is -2.22. The molecule has 0 saturated heterocycles. The molecule has 1 aliphatic rings. The van der Waals surface area contributed by atoms with E-state index in [0.29, 0.717) is 22.9 Å². The van der Waals surface area contributed by atoms with E-state index in [1.165, 1.54) is 18.7 Å². The van der Waals surface area contributed by atoms with Crippen molar-refractivity contribution in [2.24, 2.45) is 0 Å². The number of thioether (sulfide) groups is 1. The minimum absolute atomic E-state index is 0.117. The molecule has 2 N–H and O–H groups in total. The van der Waals surface area contributed by atoms with Crippen LogP contribution in [0.15, 0.2) is 47.4 Å². The summed E-state index contributed by atoms with van der Waals surface area (Å²) in [7, 11) is 0. The molecule has 2 aromatic rings. The molecule has 0 aliphatic carbocycles. The average molecular weight is 358 g/mol. The predicted molar refractivity (Wildman–Crippen MR) is 97.3 cm³/mol. The number of hydrogen-bond donors (Lipinski definition) is 2. The van der Waals surface area contributed by atoms with Crippen molar-refractivity contribution >= 4 is 35.0 Å². The van der Waals surface area contributed by atoms with Gasteiger partial charge in [0.15, 0.2) is 11.5 Å². The number of rotatable bonds is 5. The van der Waals surface area contributed by atoms with Gasteiger partial charge in [0.2, 0.25) is 18.6 Å². The van der Waals surface area contributed by atoms with Gasteiger partial charge >= 0.3 is 0 Å². The maximum absolute atomic E-state index is 12.4. The smallest absolute Gasteiger partial charge is 0.237 e. The van der Waals surface area contributed by atoms with E-state index in [2.05, 4.69) is 10.6 Å². The molecule has 130 valence electrons. The van der Waals surface area contributed by atoms with Gasteiger partial charge in [0.1, 0.15) is 0 Å². The Kier molecular flexibility index (Phi) is 5.14. The van der Waals surface area contributed by atoms with E-state index < -0.39 is 0 Å². The Bertz CT molecular complexity index is 809. The van der Waals surface area contributed by atoms with Crippen LogP contribution in [0.25, 0.3) is 0 Å². The van der Waals surface area contributed by atoms with Gasteiger partial charge in [-0.25, -0.2) is 0 Å². The molecule has 0 aromatic heterocycles. The summed E-state index contributed by atoms with van der Waals surface area (Å²) in [6.07, 6.45) is 0. The van der Waals surface area contributed by atoms with E-state index in [9.17, 15) is 9.59 Å². The highest BCUT2D eigenvalue weighted by Crippen LogP contribution is 2.34. The van der Waals surface area contributed by atoms with E-state index in [1.54, 1.807) is 18.2 Å². The number of ether oxygens (including phenoxy) is 2. The second-order valence-electron chi connectivity index (χ2n) is 5.53. The summed E-state index contributed by atoms with van der Waals surface area (Å²) >= 11 is 1.42. The van der Waals surface area contributed by atoms with Gasteiger partial charge in [-0.15, -0.1) is 11.8 Å². The van der Waals surface area contributed by atoms with Gasteiger partial charge in [0.05, 0.1) is 5.25 Å². The molecule has 25 heavy (non-hydrogen) atoms. The van der Waals surface area contributed by atoms with E-state index in [0.717, 1.165) is 4.90 Å². The summed E-state index contributed by atoms with van der Waals surface area (Å²) < 4.78 is 10.6. The molecule has 1 heterocycles. The van der Waals surface area contributed by atoms with Crippen LogP contribution in [-0.4, -0.2) is 23.9 Å². The number of fused-ring (bicyclic) bond motifs is 1. The Balaban J connectivity index is 1.62. The van der Waals surface area contributed by atoms with E-state index in [1.807, 2.05) is 31.2 Å². The largest absolute Gasteiger partial charge is 0.454 e. The fourth-order valence-electron chi connectivity index (χ4n) is 2.33. The normalized spacial score (nSPS) is 13.2. The number of nitrogens with one attached hydrogen (secondary N) is 2. The van der Waals surface area contributed by atoms with Crippen molar-refractivity contribution in [3.63, 3.8) is 0 Å². The molecule has 0 radical (unpaired) electrons. The first kappa shape index (κ1) is 17.2. The zero-order valence-corrected chi connectivity index (χ0v) is 14.7. The van der Waals surface area contributed by atoms with Crippen molar-refractivity contribution in [1.29, 1.82) is 0 Å². The van der Waals surface area contributed by atoms with Crippen LogP contribution in [0.3, 0.4) is 0 Å². The molecule has 2 amide bonds. The molecule has 3 rings (SSSR count). The number of anilines is 2. The fraction of sp³-hybridized carbons (Fsp3) is 0.222. The lowest BCUT2D eigenvalue weighted by atomic mass is 10.2. The number of carbonyl (C=O) groups is 2. The highest BCUT2D eigenvalue weighted by Gasteiger charge is 2.18. The molecule has 0 bridgehead atoms. The van der Waals surface area contributed by atoms with Crippen molar-refractivity contribution in [3.8, 4) is 11.5 Å². The highest BCUT2D eigenvalue weighted by molar-refractivity contribution is 8.00. The first-order valence-electron chi connectivity index (χ1n) is 7.76. The molecule has 0 saturated carbocycles. The standard InChI is InChI=1S/C18H18N2O4S/c1-11(25-15-5-3-4-13(8-15)19-12(2)21)18(22)20-14-6-7-16-17(9-14)24-10-23-16/h3-9,11H,10H2,1-2H3,(H,19,21)(H,20,22). The SMILES string of the molecule is CC(=O)Nc1cccc(SC(C)C(=O)Nc2ccc3c(c2)OCO3)c1. The van der Waals surface area contributed by atoms with Crippen LogP contribution in [0.1, 0.15) is 13.8 Å². The van der Waals surface area contributed by atoms with Crippen molar-refractivity contribution < 1.29 is 19.1 Å². The summed E-state index contributed by atoms with van der Waals surface area (Å²) in [5.74, 6) is 1.06.